The largest absolute Gasteiger partial charge is 0.240 e. The fourth-order valence-electron chi connectivity index (χ4n) is 0.698. The smallest absolute Gasteiger partial charge is 0.192 e. The number of aromatic nitrogens is 1. The van der Waals surface area contributed by atoms with Gasteiger partial charge in [0.25, 0.3) is 0 Å². The lowest BCUT2D eigenvalue weighted by Gasteiger charge is -1.98. The Morgan fingerprint density at radius 1 is 1.50 bits per heavy atom. The van der Waals surface area contributed by atoms with Gasteiger partial charge in [-0.1, -0.05) is 22.0 Å². The lowest BCUT2D eigenvalue weighted by Crippen LogP contribution is -2.01. The van der Waals surface area contributed by atoms with Gasteiger partial charge in [-0.25, -0.2) is 13.4 Å². The molecule has 65 valence electrons. The maximum atomic E-state index is 11.0. The summed E-state index contributed by atoms with van der Waals surface area (Å²) in [5.41, 5.74) is 0.595. The first-order valence-corrected chi connectivity index (χ1v) is 5.95. The number of halogens is 1. The maximum Gasteiger partial charge on any atom is 0.192 e. The van der Waals surface area contributed by atoms with E-state index in [-0.39, 0.29) is 5.03 Å². The van der Waals surface area contributed by atoms with Crippen LogP contribution in [0.2, 0.25) is 0 Å². The van der Waals surface area contributed by atoms with Crippen molar-refractivity contribution < 1.29 is 8.42 Å². The molecule has 0 fully saturated rings. The molecule has 0 unspecified atom stereocenters. The van der Waals surface area contributed by atoms with Gasteiger partial charge in [0.1, 0.15) is 0 Å². The lowest BCUT2D eigenvalue weighted by atomic mass is 10.4. The molecule has 0 bridgehead atoms. The van der Waals surface area contributed by atoms with E-state index in [1.165, 1.54) is 6.07 Å². The van der Waals surface area contributed by atoms with Gasteiger partial charge < -0.3 is 0 Å². The van der Waals surface area contributed by atoms with E-state index < -0.39 is 9.84 Å². The van der Waals surface area contributed by atoms with E-state index in [1.54, 1.807) is 17.5 Å². The summed E-state index contributed by atoms with van der Waals surface area (Å²) in [7, 11) is -3.19. The topological polar surface area (TPSA) is 47.0 Å². The Hall–Kier alpha value is -0.420. The van der Waals surface area contributed by atoms with Crippen molar-refractivity contribution in [3.8, 4) is 0 Å². The van der Waals surface area contributed by atoms with Crippen molar-refractivity contribution >= 4 is 25.8 Å². The van der Waals surface area contributed by atoms with Crippen molar-refractivity contribution in [2.75, 3.05) is 6.26 Å². The van der Waals surface area contributed by atoms with Crippen LogP contribution in [0.5, 0.6) is 0 Å². The molecule has 0 aromatic carbocycles. The number of pyridine rings is 1. The Labute approximate surface area is 79.9 Å². The summed E-state index contributed by atoms with van der Waals surface area (Å²) in [5.74, 6) is 0. The predicted molar refractivity (Wildman–Crippen MR) is 49.7 cm³/mol. The van der Waals surface area contributed by atoms with Crippen molar-refractivity contribution in [2.45, 2.75) is 5.03 Å². The third-order valence-electron chi connectivity index (χ3n) is 1.24. The number of rotatable bonds is 2. The van der Waals surface area contributed by atoms with Gasteiger partial charge in [-0.3, -0.25) is 0 Å². The Kier molecular flexibility index (Phi) is 2.85. The van der Waals surface area contributed by atoms with Crippen LogP contribution >= 0.6 is 15.9 Å². The highest BCUT2D eigenvalue weighted by atomic mass is 79.9. The highest BCUT2D eigenvalue weighted by Gasteiger charge is 2.08. The van der Waals surface area contributed by atoms with Gasteiger partial charge in [0.15, 0.2) is 14.9 Å². The maximum absolute atomic E-state index is 11.0. The van der Waals surface area contributed by atoms with Crippen molar-refractivity contribution in [3.63, 3.8) is 0 Å². The van der Waals surface area contributed by atoms with E-state index >= 15 is 0 Å². The summed E-state index contributed by atoms with van der Waals surface area (Å²) in [4.78, 5) is 3.87. The lowest BCUT2D eigenvalue weighted by molar-refractivity contribution is 0.598. The van der Waals surface area contributed by atoms with E-state index in [1.807, 2.05) is 0 Å². The van der Waals surface area contributed by atoms with Crippen molar-refractivity contribution in [1.82, 2.24) is 4.98 Å². The molecule has 1 radical (unpaired) electrons. The van der Waals surface area contributed by atoms with Crippen LogP contribution in [0.15, 0.2) is 23.2 Å². The zero-order valence-corrected chi connectivity index (χ0v) is 8.76. The quantitative estimate of drug-likeness (QED) is 0.795. The molecule has 0 amide bonds. The van der Waals surface area contributed by atoms with Crippen LogP contribution in [0.3, 0.4) is 0 Å². The summed E-state index contributed by atoms with van der Waals surface area (Å²) in [6.07, 6.45) is 1.13. The molecule has 0 saturated heterocycles. The van der Waals surface area contributed by atoms with E-state index in [0.717, 1.165) is 6.26 Å². The van der Waals surface area contributed by atoms with E-state index in [0.29, 0.717) is 5.69 Å². The summed E-state index contributed by atoms with van der Waals surface area (Å²) in [5, 5.41) is 1.66. The van der Waals surface area contributed by atoms with Gasteiger partial charge in [-0.2, -0.15) is 0 Å². The van der Waals surface area contributed by atoms with E-state index in [9.17, 15) is 8.42 Å². The van der Waals surface area contributed by atoms with Crippen LogP contribution in [0, 0.1) is 5.33 Å². The van der Waals surface area contributed by atoms with Gasteiger partial charge in [-0.15, -0.1) is 0 Å². The molecule has 1 rings (SSSR count). The van der Waals surface area contributed by atoms with Crippen molar-refractivity contribution in [1.29, 1.82) is 0 Å². The molecule has 12 heavy (non-hydrogen) atoms. The van der Waals surface area contributed by atoms with Crippen molar-refractivity contribution in [2.24, 2.45) is 0 Å². The fourth-order valence-corrected chi connectivity index (χ4v) is 1.55. The minimum atomic E-state index is -3.19. The second-order valence-corrected chi connectivity index (χ2v) is 4.70. The number of sulfone groups is 1. The number of hydrogen-bond donors (Lipinski definition) is 0. The third-order valence-corrected chi connectivity index (χ3v) is 2.69. The number of hydrogen-bond acceptors (Lipinski definition) is 3. The van der Waals surface area contributed by atoms with E-state index in [4.69, 9.17) is 0 Å². The van der Waals surface area contributed by atoms with Crippen molar-refractivity contribution in [3.05, 3.63) is 29.2 Å². The van der Waals surface area contributed by atoms with Gasteiger partial charge in [-0.05, 0) is 12.1 Å². The standard InChI is InChI=1S/C7H7BrNO2S/c1-12(10,11)7-4-2-3-6(5-8)9-7/h2-5H,1H3. The molecule has 0 atom stereocenters. The molecule has 0 aliphatic carbocycles. The van der Waals surface area contributed by atoms with Gasteiger partial charge >= 0.3 is 0 Å². The number of nitrogens with zero attached hydrogens (tertiary/aromatic N) is 1. The van der Waals surface area contributed by atoms with E-state index in [2.05, 4.69) is 20.9 Å². The zero-order chi connectivity index (χ0) is 9.19. The molecule has 0 aliphatic rings. The Morgan fingerprint density at radius 3 is 2.67 bits per heavy atom. The molecule has 3 nitrogen and oxygen atoms in total. The molecular formula is C7H7BrNO2S. The second-order valence-electron chi connectivity index (χ2n) is 2.28. The highest BCUT2D eigenvalue weighted by molar-refractivity contribution is 9.10. The van der Waals surface area contributed by atoms with Crippen LogP contribution in [0.1, 0.15) is 5.69 Å². The first kappa shape index (κ1) is 9.67. The summed E-state index contributed by atoms with van der Waals surface area (Å²) in [6.45, 7) is 0. The monoisotopic (exact) mass is 248 g/mol. The van der Waals surface area contributed by atoms with Crippen LogP contribution in [-0.4, -0.2) is 19.7 Å². The van der Waals surface area contributed by atoms with Crippen LogP contribution in [-0.2, 0) is 9.84 Å². The molecular weight excluding hydrogens is 242 g/mol. The highest BCUT2D eigenvalue weighted by Crippen LogP contribution is 2.09. The van der Waals surface area contributed by atoms with Crippen LogP contribution < -0.4 is 0 Å². The molecule has 0 aliphatic heterocycles. The molecule has 0 saturated carbocycles. The Bertz CT molecular complexity index is 375. The third kappa shape index (κ3) is 2.28. The summed E-state index contributed by atoms with van der Waals surface area (Å²) >= 11 is 3.08. The van der Waals surface area contributed by atoms with Crippen LogP contribution in [0.25, 0.3) is 0 Å². The average molecular weight is 249 g/mol. The molecule has 1 aromatic rings. The Morgan fingerprint density at radius 2 is 2.17 bits per heavy atom. The van der Waals surface area contributed by atoms with Gasteiger partial charge in [0.05, 0.1) is 11.0 Å². The first-order valence-electron chi connectivity index (χ1n) is 3.14. The van der Waals surface area contributed by atoms with Crippen LogP contribution in [0.4, 0.5) is 0 Å². The van der Waals surface area contributed by atoms with Gasteiger partial charge in [0, 0.05) is 6.26 Å². The SMILES string of the molecule is CS(=O)(=O)c1cccc([CH]Br)n1. The normalized spacial score (nSPS) is 11.5. The minimum absolute atomic E-state index is 0.0932. The molecule has 0 N–H and O–H groups in total. The molecule has 0 spiro atoms. The summed E-state index contributed by atoms with van der Waals surface area (Å²) < 4.78 is 22.0. The molecule has 1 aromatic heterocycles. The Balaban J connectivity index is 3.20. The zero-order valence-electron chi connectivity index (χ0n) is 6.36. The van der Waals surface area contributed by atoms with Gasteiger partial charge in [0.2, 0.25) is 0 Å². The molecule has 1 heterocycles. The predicted octanol–water partition coefficient (Wildman–Crippen LogP) is 1.39. The average Bonchev–Trinajstić information content (AvgIpc) is 2.03. The fraction of sp³-hybridized carbons (Fsp3) is 0.143. The molecule has 5 heteroatoms. The second kappa shape index (κ2) is 3.53. The first-order chi connectivity index (χ1) is 5.54. The summed E-state index contributed by atoms with van der Waals surface area (Å²) in [6, 6.07) is 4.83. The minimum Gasteiger partial charge on any atom is -0.240 e.